The second-order valence-corrected chi connectivity index (χ2v) is 13.4. The van der Waals surface area contributed by atoms with Crippen molar-refractivity contribution in [2.24, 2.45) is 18.9 Å². The maximum Gasteiger partial charge on any atom is 0.0679 e. The highest BCUT2D eigenvalue weighted by Gasteiger charge is 2.26. The first kappa shape index (κ1) is 28.3. The molecule has 2 aromatic heterocycles. The largest absolute Gasteiger partial charge is 0.344 e. The topological polar surface area (TPSA) is 34.8 Å². The van der Waals surface area contributed by atoms with Crippen LogP contribution in [0.1, 0.15) is 107 Å². The summed E-state index contributed by atoms with van der Waals surface area (Å²) in [5.41, 5.74) is 8.11. The van der Waals surface area contributed by atoms with Gasteiger partial charge in [0.2, 0.25) is 0 Å². The van der Waals surface area contributed by atoms with Gasteiger partial charge in [-0.15, -0.1) is 0 Å². The van der Waals surface area contributed by atoms with Crippen LogP contribution in [0.4, 0.5) is 0 Å². The van der Waals surface area contributed by atoms with Crippen molar-refractivity contribution in [2.75, 3.05) is 6.54 Å². The summed E-state index contributed by atoms with van der Waals surface area (Å²) in [6.45, 7) is 8.09. The second-order valence-electron chi connectivity index (χ2n) is 13.4. The Labute approximate surface area is 247 Å². The first-order valence-corrected chi connectivity index (χ1v) is 16.4. The van der Waals surface area contributed by atoms with E-state index in [4.69, 9.17) is 0 Å². The zero-order valence-corrected chi connectivity index (χ0v) is 25.8. The van der Waals surface area contributed by atoms with Crippen LogP contribution < -0.4 is 5.32 Å². The lowest BCUT2D eigenvalue weighted by molar-refractivity contribution is 0.238. The van der Waals surface area contributed by atoms with Crippen LogP contribution in [0.25, 0.3) is 22.2 Å². The minimum absolute atomic E-state index is 0.364. The van der Waals surface area contributed by atoms with Crippen LogP contribution in [0, 0.1) is 18.8 Å². The standard InChI is InChI=1S/C37H50N4/c1-26(2)28-13-16-31(17-14-28)38-21-19-33(29-10-8-9-27(3)23-29)35-25-41(32-11-6-5-7-12-32)37-18-15-30(24-34(35)37)36-20-22-39-40(36)4/h8-10,15,18,20,22-26,28,31-33,38H,5-7,11-14,16-17,19,21H2,1-4H3/t28-,31-,33?. The molecule has 6 rings (SSSR count). The summed E-state index contributed by atoms with van der Waals surface area (Å²) in [6, 6.07) is 19.8. The number of hydrogen-bond donors (Lipinski definition) is 1. The molecule has 2 heterocycles. The molecule has 0 saturated heterocycles. The number of rotatable bonds is 9. The van der Waals surface area contributed by atoms with Gasteiger partial charge in [-0.05, 0) is 99.6 Å². The number of hydrogen-bond acceptors (Lipinski definition) is 2. The van der Waals surface area contributed by atoms with Gasteiger partial charge in [0.25, 0.3) is 0 Å². The number of aromatic nitrogens is 3. The Kier molecular flexibility index (Phi) is 8.67. The highest BCUT2D eigenvalue weighted by molar-refractivity contribution is 5.89. The molecule has 2 fully saturated rings. The predicted octanol–water partition coefficient (Wildman–Crippen LogP) is 9.18. The van der Waals surface area contributed by atoms with Gasteiger partial charge in [0, 0.05) is 53.9 Å². The number of nitrogens with zero attached hydrogens (tertiary/aromatic N) is 3. The molecule has 0 radical (unpaired) electrons. The molecule has 41 heavy (non-hydrogen) atoms. The van der Waals surface area contributed by atoms with E-state index in [1.165, 1.54) is 96.6 Å². The molecule has 2 aromatic carbocycles. The lowest BCUT2D eigenvalue weighted by Crippen LogP contribution is -2.35. The highest BCUT2D eigenvalue weighted by atomic mass is 15.3. The van der Waals surface area contributed by atoms with Crippen molar-refractivity contribution in [2.45, 2.75) is 103 Å². The third kappa shape index (κ3) is 6.18. The molecular weight excluding hydrogens is 500 g/mol. The van der Waals surface area contributed by atoms with E-state index < -0.39 is 0 Å². The summed E-state index contributed by atoms with van der Waals surface area (Å²) >= 11 is 0. The van der Waals surface area contributed by atoms with E-state index in [1.54, 1.807) is 0 Å². The van der Waals surface area contributed by atoms with Gasteiger partial charge in [-0.3, -0.25) is 4.68 Å². The number of aryl methyl sites for hydroxylation is 2. The normalized spacial score (nSPS) is 21.1. The van der Waals surface area contributed by atoms with Crippen molar-refractivity contribution in [1.82, 2.24) is 19.7 Å². The van der Waals surface area contributed by atoms with Crippen LogP contribution in [-0.2, 0) is 7.05 Å². The fourth-order valence-electron chi connectivity index (χ4n) is 7.85. The Morgan fingerprint density at radius 3 is 2.44 bits per heavy atom. The van der Waals surface area contributed by atoms with E-state index in [0.29, 0.717) is 18.0 Å². The van der Waals surface area contributed by atoms with E-state index in [9.17, 15) is 0 Å². The van der Waals surface area contributed by atoms with Crippen LogP contribution in [0.3, 0.4) is 0 Å². The first-order chi connectivity index (χ1) is 20.0. The number of benzene rings is 2. The van der Waals surface area contributed by atoms with Crippen LogP contribution >= 0.6 is 0 Å². The van der Waals surface area contributed by atoms with Gasteiger partial charge < -0.3 is 9.88 Å². The molecule has 2 saturated carbocycles. The van der Waals surface area contributed by atoms with Gasteiger partial charge in [0.05, 0.1) is 5.69 Å². The average Bonchev–Trinajstić information content (AvgIpc) is 3.59. The molecule has 4 aromatic rings. The van der Waals surface area contributed by atoms with Gasteiger partial charge in [-0.1, -0.05) is 69.0 Å². The molecule has 1 atom stereocenters. The van der Waals surface area contributed by atoms with E-state index in [1.807, 2.05) is 17.9 Å². The molecular formula is C37H50N4. The smallest absolute Gasteiger partial charge is 0.0679 e. The quantitative estimate of drug-likeness (QED) is 0.225. The van der Waals surface area contributed by atoms with Crippen molar-refractivity contribution in [1.29, 1.82) is 0 Å². The summed E-state index contributed by atoms with van der Waals surface area (Å²) in [5, 5.41) is 9.89. The number of fused-ring (bicyclic) bond motifs is 1. The van der Waals surface area contributed by atoms with E-state index >= 15 is 0 Å². The summed E-state index contributed by atoms with van der Waals surface area (Å²) in [4.78, 5) is 0. The molecule has 1 N–H and O–H groups in total. The Balaban J connectivity index is 1.35. The van der Waals surface area contributed by atoms with Crippen molar-refractivity contribution in [3.05, 3.63) is 77.6 Å². The molecule has 0 bridgehead atoms. The SMILES string of the molecule is Cc1cccc(C(CCN[C@H]2CC[C@H](C(C)C)CC2)c2cn(C3CCCCC3)c3ccc(-c4ccnn4C)cc23)c1. The lowest BCUT2D eigenvalue weighted by Gasteiger charge is -2.32. The summed E-state index contributed by atoms with van der Waals surface area (Å²) < 4.78 is 4.65. The third-order valence-electron chi connectivity index (χ3n) is 10.3. The fourth-order valence-corrected chi connectivity index (χ4v) is 7.85. The van der Waals surface area contributed by atoms with Gasteiger partial charge in [-0.2, -0.15) is 5.10 Å². The molecule has 1 unspecified atom stereocenters. The van der Waals surface area contributed by atoms with Crippen molar-refractivity contribution < 1.29 is 0 Å². The molecule has 2 aliphatic carbocycles. The highest BCUT2D eigenvalue weighted by Crippen LogP contribution is 2.40. The van der Waals surface area contributed by atoms with Gasteiger partial charge >= 0.3 is 0 Å². The predicted molar refractivity (Wildman–Crippen MR) is 172 cm³/mol. The molecule has 4 nitrogen and oxygen atoms in total. The van der Waals surface area contributed by atoms with E-state index in [2.05, 4.69) is 90.5 Å². The zero-order chi connectivity index (χ0) is 28.3. The lowest BCUT2D eigenvalue weighted by atomic mass is 9.79. The number of nitrogens with one attached hydrogen (secondary N) is 1. The van der Waals surface area contributed by atoms with Crippen LogP contribution in [0.15, 0.2) is 60.9 Å². The maximum atomic E-state index is 4.47. The Morgan fingerprint density at radius 1 is 0.927 bits per heavy atom. The molecule has 218 valence electrons. The fraction of sp³-hybridized carbons (Fsp3) is 0.541. The third-order valence-corrected chi connectivity index (χ3v) is 10.3. The van der Waals surface area contributed by atoms with Crippen molar-refractivity contribution in [3.8, 4) is 11.3 Å². The van der Waals surface area contributed by atoms with Gasteiger partial charge in [0.1, 0.15) is 0 Å². The summed E-state index contributed by atoms with van der Waals surface area (Å²) in [7, 11) is 2.05. The average molecular weight is 551 g/mol. The molecule has 0 amide bonds. The Morgan fingerprint density at radius 2 is 1.73 bits per heavy atom. The van der Waals surface area contributed by atoms with Crippen molar-refractivity contribution in [3.63, 3.8) is 0 Å². The van der Waals surface area contributed by atoms with Gasteiger partial charge in [-0.25, -0.2) is 0 Å². The van der Waals surface area contributed by atoms with Gasteiger partial charge in [0.15, 0.2) is 0 Å². The minimum Gasteiger partial charge on any atom is -0.344 e. The van der Waals surface area contributed by atoms with E-state index in [-0.39, 0.29) is 0 Å². The Hall–Kier alpha value is -2.85. The van der Waals surface area contributed by atoms with Crippen LogP contribution in [0.5, 0.6) is 0 Å². The monoisotopic (exact) mass is 550 g/mol. The maximum absolute atomic E-state index is 4.47. The summed E-state index contributed by atoms with van der Waals surface area (Å²) in [6.07, 6.45) is 17.6. The van der Waals surface area contributed by atoms with Crippen LogP contribution in [0.2, 0.25) is 0 Å². The molecule has 0 spiro atoms. The van der Waals surface area contributed by atoms with Crippen molar-refractivity contribution >= 4 is 10.9 Å². The second kappa shape index (κ2) is 12.6. The summed E-state index contributed by atoms with van der Waals surface area (Å²) in [5.74, 6) is 2.09. The first-order valence-electron chi connectivity index (χ1n) is 16.4. The molecule has 2 aliphatic rings. The molecule has 0 aliphatic heterocycles. The van der Waals surface area contributed by atoms with Crippen LogP contribution in [-0.4, -0.2) is 26.9 Å². The molecule has 4 heteroatoms. The Bertz CT molecular complexity index is 1430. The van der Waals surface area contributed by atoms with E-state index in [0.717, 1.165) is 24.8 Å². The zero-order valence-electron chi connectivity index (χ0n) is 25.8. The minimum atomic E-state index is 0.364.